The second-order valence-electron chi connectivity index (χ2n) is 4.70. The average molecular weight is 239 g/mol. The van der Waals surface area contributed by atoms with E-state index in [2.05, 4.69) is 5.10 Å². The summed E-state index contributed by atoms with van der Waals surface area (Å²) in [5, 5.41) is 13.6. The van der Waals surface area contributed by atoms with Crippen LogP contribution in [-0.2, 0) is 17.8 Å². The Morgan fingerprint density at radius 2 is 2.29 bits per heavy atom. The molecule has 1 heterocycles. The van der Waals surface area contributed by atoms with Crippen molar-refractivity contribution in [2.75, 3.05) is 6.54 Å². The number of hydrogen-bond donors (Lipinski definition) is 2. The Bertz CT molecular complexity index is 387. The molecule has 0 fully saturated rings. The molecule has 3 N–H and O–H groups in total. The average Bonchev–Trinajstić information content (AvgIpc) is 2.72. The van der Waals surface area contributed by atoms with Crippen LogP contribution in [-0.4, -0.2) is 27.4 Å². The van der Waals surface area contributed by atoms with E-state index < -0.39 is 11.4 Å². The fraction of sp³-hybridized carbons (Fsp3) is 0.667. The van der Waals surface area contributed by atoms with Gasteiger partial charge in [0.15, 0.2) is 0 Å². The number of aromatic nitrogens is 2. The van der Waals surface area contributed by atoms with Crippen LogP contribution in [0.2, 0.25) is 0 Å². The molecule has 0 saturated carbocycles. The summed E-state index contributed by atoms with van der Waals surface area (Å²) in [5.74, 6) is -0.853. The Morgan fingerprint density at radius 3 is 2.65 bits per heavy atom. The molecule has 0 aromatic carbocycles. The first-order valence-electron chi connectivity index (χ1n) is 5.91. The van der Waals surface area contributed by atoms with Crippen LogP contribution in [0.25, 0.3) is 0 Å². The Kier molecular flexibility index (Phi) is 4.28. The van der Waals surface area contributed by atoms with E-state index in [1.54, 1.807) is 10.9 Å². The van der Waals surface area contributed by atoms with Crippen LogP contribution < -0.4 is 5.73 Å². The monoisotopic (exact) mass is 239 g/mol. The fourth-order valence-electron chi connectivity index (χ4n) is 1.96. The molecule has 0 aliphatic heterocycles. The molecule has 1 unspecified atom stereocenters. The molecule has 0 spiro atoms. The number of nitrogens with two attached hydrogens (primary N) is 1. The molecule has 0 amide bonds. The largest absolute Gasteiger partial charge is 0.481 e. The highest BCUT2D eigenvalue weighted by molar-refractivity contribution is 5.75. The van der Waals surface area contributed by atoms with Crippen LogP contribution in [0.5, 0.6) is 0 Å². The zero-order valence-corrected chi connectivity index (χ0v) is 10.7. The number of carboxylic acids is 1. The minimum absolute atomic E-state index is 0.0185. The van der Waals surface area contributed by atoms with Crippen LogP contribution in [0.4, 0.5) is 0 Å². The lowest BCUT2D eigenvalue weighted by atomic mass is 9.73. The van der Waals surface area contributed by atoms with Crippen LogP contribution >= 0.6 is 0 Å². The lowest BCUT2D eigenvalue weighted by Gasteiger charge is -2.31. The van der Waals surface area contributed by atoms with E-state index in [9.17, 15) is 9.90 Å². The first-order chi connectivity index (χ1) is 7.96. The predicted molar refractivity (Wildman–Crippen MR) is 65.6 cm³/mol. The van der Waals surface area contributed by atoms with E-state index in [4.69, 9.17) is 5.73 Å². The molecule has 0 saturated heterocycles. The SMILES string of the molecule is CCn1cc(CC(CN)(C(=O)O)C(C)C)cn1. The third kappa shape index (κ3) is 2.66. The van der Waals surface area contributed by atoms with Crippen molar-refractivity contribution in [2.45, 2.75) is 33.7 Å². The minimum Gasteiger partial charge on any atom is -0.481 e. The number of carboxylic acid groups (broad SMARTS) is 1. The summed E-state index contributed by atoms with van der Waals surface area (Å²) in [7, 11) is 0. The van der Waals surface area contributed by atoms with E-state index in [-0.39, 0.29) is 12.5 Å². The number of nitrogens with zero attached hydrogens (tertiary/aromatic N) is 2. The highest BCUT2D eigenvalue weighted by atomic mass is 16.4. The molecule has 17 heavy (non-hydrogen) atoms. The summed E-state index contributed by atoms with van der Waals surface area (Å²) in [6, 6.07) is 0. The maximum absolute atomic E-state index is 11.5. The van der Waals surface area contributed by atoms with Gasteiger partial charge in [-0.1, -0.05) is 13.8 Å². The van der Waals surface area contributed by atoms with Crippen LogP contribution in [0.3, 0.4) is 0 Å². The molecule has 0 bridgehead atoms. The van der Waals surface area contributed by atoms with Crippen molar-refractivity contribution < 1.29 is 9.90 Å². The quantitative estimate of drug-likeness (QED) is 0.779. The Balaban J connectivity index is 2.97. The van der Waals surface area contributed by atoms with Crippen molar-refractivity contribution in [1.82, 2.24) is 9.78 Å². The maximum Gasteiger partial charge on any atom is 0.311 e. The van der Waals surface area contributed by atoms with Gasteiger partial charge in [-0.25, -0.2) is 0 Å². The van der Waals surface area contributed by atoms with Gasteiger partial charge in [0.2, 0.25) is 0 Å². The molecular formula is C12H21N3O2. The van der Waals surface area contributed by atoms with Gasteiger partial charge >= 0.3 is 5.97 Å². The van der Waals surface area contributed by atoms with Gasteiger partial charge in [0.05, 0.1) is 11.6 Å². The minimum atomic E-state index is -0.901. The lowest BCUT2D eigenvalue weighted by molar-refractivity contribution is -0.151. The van der Waals surface area contributed by atoms with E-state index in [1.165, 1.54) is 0 Å². The lowest BCUT2D eigenvalue weighted by Crippen LogP contribution is -2.44. The number of aryl methyl sites for hydroxylation is 1. The van der Waals surface area contributed by atoms with Gasteiger partial charge in [0.25, 0.3) is 0 Å². The van der Waals surface area contributed by atoms with Gasteiger partial charge in [0.1, 0.15) is 0 Å². The molecule has 1 atom stereocenters. The topological polar surface area (TPSA) is 81.1 Å². The normalized spacial score (nSPS) is 14.9. The zero-order chi connectivity index (χ0) is 13.1. The van der Waals surface area contributed by atoms with Gasteiger partial charge in [-0.05, 0) is 24.8 Å². The summed E-state index contributed by atoms with van der Waals surface area (Å²) in [5.41, 5.74) is 5.71. The number of carbonyl (C=O) groups is 1. The molecule has 96 valence electrons. The first kappa shape index (κ1) is 13.7. The molecule has 0 aliphatic rings. The van der Waals surface area contributed by atoms with Gasteiger partial charge < -0.3 is 10.8 Å². The van der Waals surface area contributed by atoms with Crippen molar-refractivity contribution >= 4 is 5.97 Å². The molecule has 0 aliphatic carbocycles. The van der Waals surface area contributed by atoms with Crippen molar-refractivity contribution in [3.05, 3.63) is 18.0 Å². The molecule has 1 aromatic heterocycles. The smallest absolute Gasteiger partial charge is 0.311 e. The molecule has 0 radical (unpaired) electrons. The highest BCUT2D eigenvalue weighted by Gasteiger charge is 2.40. The number of hydrogen-bond acceptors (Lipinski definition) is 3. The van der Waals surface area contributed by atoms with Crippen LogP contribution in [0.15, 0.2) is 12.4 Å². The maximum atomic E-state index is 11.5. The van der Waals surface area contributed by atoms with E-state index in [0.29, 0.717) is 6.42 Å². The Morgan fingerprint density at radius 1 is 1.65 bits per heavy atom. The Hall–Kier alpha value is -1.36. The predicted octanol–water partition coefficient (Wildman–Crippen LogP) is 1.13. The molecule has 5 heteroatoms. The van der Waals surface area contributed by atoms with Crippen molar-refractivity contribution in [3.63, 3.8) is 0 Å². The second-order valence-corrected chi connectivity index (χ2v) is 4.70. The fourth-order valence-corrected chi connectivity index (χ4v) is 1.96. The van der Waals surface area contributed by atoms with Crippen molar-refractivity contribution in [2.24, 2.45) is 17.1 Å². The summed E-state index contributed by atoms with van der Waals surface area (Å²) >= 11 is 0. The van der Waals surface area contributed by atoms with Crippen molar-refractivity contribution in [3.8, 4) is 0 Å². The summed E-state index contributed by atoms with van der Waals surface area (Å²) in [6.07, 6.45) is 4.03. The summed E-state index contributed by atoms with van der Waals surface area (Å²) in [6.45, 7) is 6.70. The zero-order valence-electron chi connectivity index (χ0n) is 10.7. The van der Waals surface area contributed by atoms with Crippen LogP contribution in [0.1, 0.15) is 26.3 Å². The van der Waals surface area contributed by atoms with Gasteiger partial charge in [-0.2, -0.15) is 5.10 Å². The third-order valence-corrected chi connectivity index (χ3v) is 3.43. The Labute approximate surface area is 102 Å². The van der Waals surface area contributed by atoms with Crippen molar-refractivity contribution in [1.29, 1.82) is 0 Å². The standard InChI is InChI=1S/C12H21N3O2/c1-4-15-7-10(6-14-15)5-12(8-13,9(2)3)11(16)17/h6-7,9H,4-5,8,13H2,1-3H3,(H,16,17). The molecule has 1 aromatic rings. The third-order valence-electron chi connectivity index (χ3n) is 3.43. The molecule has 1 rings (SSSR count). The second kappa shape index (κ2) is 5.31. The first-order valence-corrected chi connectivity index (χ1v) is 5.91. The highest BCUT2D eigenvalue weighted by Crippen LogP contribution is 2.31. The van der Waals surface area contributed by atoms with Gasteiger partial charge in [-0.15, -0.1) is 0 Å². The number of aliphatic carboxylic acids is 1. The van der Waals surface area contributed by atoms with E-state index in [0.717, 1.165) is 12.1 Å². The van der Waals surface area contributed by atoms with E-state index >= 15 is 0 Å². The summed E-state index contributed by atoms with van der Waals surface area (Å²) in [4.78, 5) is 11.5. The molecular weight excluding hydrogens is 218 g/mol. The molecule has 5 nitrogen and oxygen atoms in total. The summed E-state index contributed by atoms with van der Waals surface area (Å²) < 4.78 is 1.79. The number of rotatable bonds is 6. The van der Waals surface area contributed by atoms with E-state index in [1.807, 2.05) is 27.0 Å². The van der Waals surface area contributed by atoms with Gasteiger partial charge in [0, 0.05) is 19.3 Å². The van der Waals surface area contributed by atoms with Gasteiger partial charge in [-0.3, -0.25) is 9.48 Å². The van der Waals surface area contributed by atoms with Crippen LogP contribution in [0, 0.1) is 11.3 Å².